The number of ether oxygens (including phenoxy) is 5. The van der Waals surface area contributed by atoms with Crippen LogP contribution in [0.15, 0.2) is 48.5 Å². The zero-order valence-electron chi connectivity index (χ0n) is 31.3. The molecule has 0 saturated heterocycles. The van der Waals surface area contributed by atoms with E-state index in [1.54, 1.807) is 20.8 Å². The summed E-state index contributed by atoms with van der Waals surface area (Å²) in [5.41, 5.74) is 3.37. The van der Waals surface area contributed by atoms with Crippen molar-refractivity contribution in [3.8, 4) is 11.1 Å². The summed E-state index contributed by atoms with van der Waals surface area (Å²) in [6.07, 6.45) is -2.21. The summed E-state index contributed by atoms with van der Waals surface area (Å²) < 4.78 is 25.1. The first-order valence-electron chi connectivity index (χ1n) is 17.1. The van der Waals surface area contributed by atoms with E-state index in [9.17, 15) is 33.6 Å². The Morgan fingerprint density at radius 3 is 1.70 bits per heavy atom. The van der Waals surface area contributed by atoms with Gasteiger partial charge in [0.25, 0.3) is 0 Å². The molecule has 4 atom stereocenters. The molecule has 0 aromatic heterocycles. The predicted octanol–water partition coefficient (Wildman–Crippen LogP) is 2.81. The summed E-state index contributed by atoms with van der Waals surface area (Å²) in [4.78, 5) is 88.1. The SMILES string of the molecule is COC(=O)[C@H](CSC[C@@H](NC(=O)CC[C@@H](NC(=O)[C@H](C)NC(=O)OCC1c2ccccc2-c2ccccc21)C(=O)OC)C(=O)OC)NC(=O)OC(C)(C)C. The summed E-state index contributed by atoms with van der Waals surface area (Å²) in [7, 11) is 3.40. The molecule has 0 heterocycles. The van der Waals surface area contributed by atoms with Crippen LogP contribution in [0.3, 0.4) is 0 Å². The maximum atomic E-state index is 13.0. The Labute approximate surface area is 318 Å². The third-order valence-electron chi connectivity index (χ3n) is 8.10. The number of thioether (sulfide) groups is 1. The molecule has 0 fully saturated rings. The Morgan fingerprint density at radius 2 is 1.19 bits per heavy atom. The van der Waals surface area contributed by atoms with E-state index in [-0.39, 0.29) is 36.9 Å². The zero-order valence-corrected chi connectivity index (χ0v) is 32.2. The monoisotopic (exact) mass is 772 g/mol. The van der Waals surface area contributed by atoms with Crippen molar-refractivity contribution in [2.75, 3.05) is 39.4 Å². The summed E-state index contributed by atoms with van der Waals surface area (Å²) in [6, 6.07) is 11.0. The quantitative estimate of drug-likeness (QED) is 0.135. The largest absolute Gasteiger partial charge is 0.467 e. The van der Waals surface area contributed by atoms with Crippen molar-refractivity contribution in [1.29, 1.82) is 0 Å². The van der Waals surface area contributed by atoms with Crippen molar-refractivity contribution < 1.29 is 57.2 Å². The first kappa shape index (κ1) is 43.1. The van der Waals surface area contributed by atoms with Gasteiger partial charge in [-0.1, -0.05) is 48.5 Å². The summed E-state index contributed by atoms with van der Waals surface area (Å²) in [6.45, 7) is 6.42. The van der Waals surface area contributed by atoms with Gasteiger partial charge in [0, 0.05) is 23.8 Å². The lowest BCUT2D eigenvalue weighted by molar-refractivity contribution is -0.146. The van der Waals surface area contributed by atoms with Gasteiger partial charge in [-0.05, 0) is 56.4 Å². The number of esters is 3. The smallest absolute Gasteiger partial charge is 0.408 e. The fourth-order valence-electron chi connectivity index (χ4n) is 5.49. The molecule has 1 aliphatic carbocycles. The second kappa shape index (κ2) is 20.2. The minimum absolute atomic E-state index is 0.0337. The molecule has 0 unspecified atom stereocenters. The number of hydrogen-bond donors (Lipinski definition) is 4. The van der Waals surface area contributed by atoms with Gasteiger partial charge in [-0.3, -0.25) is 9.59 Å². The number of carbonyl (C=O) groups excluding carboxylic acids is 7. The second-order valence-electron chi connectivity index (χ2n) is 13.2. The summed E-state index contributed by atoms with van der Waals surface area (Å²) in [5.74, 6) is -4.03. The number of methoxy groups -OCH3 is 3. The Hall–Kier alpha value is -5.32. The van der Waals surface area contributed by atoms with Crippen molar-refractivity contribution >= 4 is 53.7 Å². The van der Waals surface area contributed by atoms with Gasteiger partial charge in [0.2, 0.25) is 11.8 Å². The molecule has 4 N–H and O–H groups in total. The van der Waals surface area contributed by atoms with Gasteiger partial charge in [-0.25, -0.2) is 24.0 Å². The average Bonchev–Trinajstić information content (AvgIpc) is 3.46. The number of amides is 4. The van der Waals surface area contributed by atoms with E-state index in [1.165, 1.54) is 6.92 Å². The fourth-order valence-corrected chi connectivity index (χ4v) is 6.53. The lowest BCUT2D eigenvalue weighted by atomic mass is 9.98. The van der Waals surface area contributed by atoms with Crippen LogP contribution in [0.4, 0.5) is 9.59 Å². The summed E-state index contributed by atoms with van der Waals surface area (Å²) >= 11 is 1.05. The molecule has 4 amide bonds. The van der Waals surface area contributed by atoms with E-state index in [0.717, 1.165) is 55.3 Å². The molecular weight excluding hydrogens is 724 g/mol. The zero-order chi connectivity index (χ0) is 40.0. The Morgan fingerprint density at radius 1 is 0.685 bits per heavy atom. The first-order valence-corrected chi connectivity index (χ1v) is 18.3. The Bertz CT molecular complexity index is 1630. The van der Waals surface area contributed by atoms with E-state index in [2.05, 4.69) is 21.3 Å². The van der Waals surface area contributed by atoms with E-state index in [0.29, 0.717) is 0 Å². The van der Waals surface area contributed by atoms with Crippen LogP contribution in [0.25, 0.3) is 11.1 Å². The van der Waals surface area contributed by atoms with Crippen molar-refractivity contribution in [3.63, 3.8) is 0 Å². The van der Waals surface area contributed by atoms with Crippen LogP contribution in [-0.4, -0.2) is 111 Å². The molecule has 0 aliphatic heterocycles. The van der Waals surface area contributed by atoms with E-state index in [4.69, 9.17) is 23.7 Å². The van der Waals surface area contributed by atoms with Gasteiger partial charge in [-0.15, -0.1) is 0 Å². The van der Waals surface area contributed by atoms with Crippen molar-refractivity contribution in [2.24, 2.45) is 0 Å². The molecule has 0 saturated carbocycles. The van der Waals surface area contributed by atoms with Crippen LogP contribution >= 0.6 is 11.8 Å². The van der Waals surface area contributed by atoms with Gasteiger partial charge in [0.15, 0.2) is 0 Å². The van der Waals surface area contributed by atoms with Crippen LogP contribution in [0.2, 0.25) is 0 Å². The third-order valence-corrected chi connectivity index (χ3v) is 9.24. The third kappa shape index (κ3) is 12.7. The highest BCUT2D eigenvalue weighted by molar-refractivity contribution is 7.99. The van der Waals surface area contributed by atoms with E-state index in [1.807, 2.05) is 48.5 Å². The number of benzene rings is 2. The number of nitrogens with one attached hydrogen (secondary N) is 4. The van der Waals surface area contributed by atoms with E-state index < -0.39 is 71.7 Å². The van der Waals surface area contributed by atoms with Crippen LogP contribution < -0.4 is 21.3 Å². The Kier molecular flexibility index (Phi) is 16.1. The molecule has 2 aromatic rings. The van der Waals surface area contributed by atoms with Gasteiger partial charge in [-0.2, -0.15) is 11.8 Å². The van der Waals surface area contributed by atoms with Crippen LogP contribution in [0.1, 0.15) is 57.6 Å². The van der Waals surface area contributed by atoms with Crippen LogP contribution in [-0.2, 0) is 47.7 Å². The van der Waals surface area contributed by atoms with Crippen LogP contribution in [0.5, 0.6) is 0 Å². The predicted molar refractivity (Wildman–Crippen MR) is 197 cm³/mol. The number of fused-ring (bicyclic) bond motifs is 3. The molecule has 3 rings (SSSR count). The lowest BCUT2D eigenvalue weighted by Gasteiger charge is -2.23. The fraction of sp³-hybridized carbons (Fsp3) is 0.486. The second-order valence-corrected chi connectivity index (χ2v) is 14.3. The van der Waals surface area contributed by atoms with E-state index >= 15 is 0 Å². The molecule has 2 aromatic carbocycles. The minimum Gasteiger partial charge on any atom is -0.467 e. The highest BCUT2D eigenvalue weighted by atomic mass is 32.2. The van der Waals surface area contributed by atoms with Gasteiger partial charge < -0.3 is 45.0 Å². The highest BCUT2D eigenvalue weighted by Crippen LogP contribution is 2.44. The van der Waals surface area contributed by atoms with Crippen LogP contribution in [0, 0.1) is 0 Å². The molecule has 294 valence electrons. The average molecular weight is 773 g/mol. The number of carbonyl (C=O) groups is 7. The maximum absolute atomic E-state index is 13.0. The number of alkyl carbamates (subject to hydrolysis) is 2. The molecule has 0 bridgehead atoms. The highest BCUT2D eigenvalue weighted by Gasteiger charge is 2.31. The van der Waals surface area contributed by atoms with Crippen molar-refractivity contribution in [2.45, 2.75) is 76.2 Å². The molecule has 0 spiro atoms. The normalized spacial score (nSPS) is 14.1. The van der Waals surface area contributed by atoms with Gasteiger partial charge in [0.1, 0.15) is 36.4 Å². The maximum Gasteiger partial charge on any atom is 0.408 e. The minimum atomic E-state index is -1.27. The number of rotatable bonds is 17. The topological polar surface area (TPSA) is 214 Å². The van der Waals surface area contributed by atoms with Gasteiger partial charge in [0.05, 0.1) is 21.3 Å². The van der Waals surface area contributed by atoms with Crippen molar-refractivity contribution in [1.82, 2.24) is 21.3 Å². The standard InChI is InChI=1S/C37H48N4O12S/c1-21(38-35(47)52-18-26-24-14-10-8-12-22(24)23-13-9-11-15-25(23)26)31(43)40-27(32(44)49-5)16-17-30(42)39-28(33(45)50-6)19-54-20-29(34(46)51-7)41-36(48)53-37(2,3)4/h8-15,21,26-29H,16-20H2,1-7H3,(H,38,47)(H,39,42)(H,40,43)(H,41,48)/t21-,27+,28+,29-/m0/s1. The first-order chi connectivity index (χ1) is 25.6. The molecule has 0 radical (unpaired) electrons. The molecule has 17 heteroatoms. The van der Waals surface area contributed by atoms with Gasteiger partial charge >= 0.3 is 30.1 Å². The molecule has 16 nitrogen and oxygen atoms in total. The number of hydrogen-bond acceptors (Lipinski definition) is 13. The lowest BCUT2D eigenvalue weighted by Crippen LogP contribution is -2.51. The molecule has 1 aliphatic rings. The van der Waals surface area contributed by atoms with Crippen molar-refractivity contribution in [3.05, 3.63) is 59.7 Å². The summed E-state index contributed by atoms with van der Waals surface area (Å²) in [5, 5.41) is 9.89. The molecular formula is C37H48N4O12S. The Balaban J connectivity index is 1.51. The molecule has 54 heavy (non-hydrogen) atoms.